The van der Waals surface area contributed by atoms with Crippen LogP contribution in [0.15, 0.2) is 48.6 Å². The molecule has 0 spiro atoms. The molecule has 0 aliphatic heterocycles. The van der Waals surface area contributed by atoms with E-state index in [0.29, 0.717) is 19.8 Å². The van der Waals surface area contributed by atoms with Crippen molar-refractivity contribution in [3.05, 3.63) is 68.3 Å². The second-order valence-corrected chi connectivity index (χ2v) is 9.18. The van der Waals surface area contributed by atoms with Crippen LogP contribution in [0.1, 0.15) is 43.4 Å². The molecule has 5 nitrogen and oxygen atoms in total. The summed E-state index contributed by atoms with van der Waals surface area (Å²) in [4.78, 5) is 24.7. The first kappa shape index (κ1) is 22.4. The monoisotopic (exact) mass is 441 g/mol. The Hall–Kier alpha value is -1.86. The summed E-state index contributed by atoms with van der Waals surface area (Å²) < 4.78 is 5.65. The van der Waals surface area contributed by atoms with Gasteiger partial charge in [0.25, 0.3) is 0 Å². The van der Waals surface area contributed by atoms with Crippen molar-refractivity contribution in [3.8, 4) is 0 Å². The normalized spacial score (nSPS) is 13.9. The van der Waals surface area contributed by atoms with Gasteiger partial charge in [-0.3, -0.25) is 4.79 Å². The molecule has 1 unspecified atom stereocenters. The van der Waals surface area contributed by atoms with E-state index < -0.39 is 29.6 Å². The maximum Gasteiger partial charge on any atom is 0.331 e. The average Bonchev–Trinajstić information content (AvgIpc) is 3.02. The summed E-state index contributed by atoms with van der Waals surface area (Å²) in [6.45, 7) is 5.20. The molecule has 1 aromatic heterocycles. The largest absolute Gasteiger partial charge is 0.457 e. The van der Waals surface area contributed by atoms with Gasteiger partial charge in [-0.15, -0.1) is 11.3 Å². The molecule has 28 heavy (non-hydrogen) atoms. The molecule has 2 aromatic rings. The van der Waals surface area contributed by atoms with Gasteiger partial charge < -0.3 is 15.2 Å². The van der Waals surface area contributed by atoms with Crippen LogP contribution < -0.4 is 5.32 Å². The maximum atomic E-state index is 12.3. The van der Waals surface area contributed by atoms with Gasteiger partial charge in [-0.2, -0.15) is 0 Å². The summed E-state index contributed by atoms with van der Waals surface area (Å²) in [5, 5.41) is 14.0. The second kappa shape index (κ2) is 9.56. The molecule has 150 valence electrons. The molecular weight excluding hydrogens is 421 g/mol. The lowest BCUT2D eigenvalue weighted by Crippen LogP contribution is -2.31. The molecule has 2 N–H and O–H groups in total. The zero-order valence-corrected chi connectivity index (χ0v) is 17.9. The van der Waals surface area contributed by atoms with Crippen molar-refractivity contribution in [2.75, 3.05) is 0 Å². The second-order valence-electron chi connectivity index (χ2n) is 6.99. The lowest BCUT2D eigenvalue weighted by Gasteiger charge is -2.23. The predicted octanol–water partition coefficient (Wildman–Crippen LogP) is 4.84. The van der Waals surface area contributed by atoms with Gasteiger partial charge in [0.05, 0.1) is 10.4 Å². The van der Waals surface area contributed by atoms with Gasteiger partial charge in [-0.1, -0.05) is 35.3 Å². The van der Waals surface area contributed by atoms with Crippen LogP contribution in [-0.2, 0) is 14.3 Å². The molecule has 2 rings (SSSR count). The molecule has 0 aliphatic rings. The standard InChI is InChI=1S/C20H21Cl2NO4S/c1-20(2,3)27-17(25)10-9-16(24)23-18(14-7-8-15(22)28-14)19(26)12-5-4-6-13(21)11-12/h4-11,18-19,26H,1-3H3,(H,23,24)/b10-9+/t18?,19-/m1/s1. The highest BCUT2D eigenvalue weighted by molar-refractivity contribution is 7.16. The number of hydrogen-bond donors (Lipinski definition) is 2. The van der Waals surface area contributed by atoms with Gasteiger partial charge in [-0.25, -0.2) is 4.79 Å². The van der Waals surface area contributed by atoms with Gasteiger partial charge in [-0.05, 0) is 50.6 Å². The van der Waals surface area contributed by atoms with Crippen LogP contribution in [0.25, 0.3) is 0 Å². The van der Waals surface area contributed by atoms with Crippen LogP contribution in [0.5, 0.6) is 0 Å². The molecule has 0 radical (unpaired) electrons. The first-order chi connectivity index (χ1) is 13.0. The molecule has 2 atom stereocenters. The smallest absolute Gasteiger partial charge is 0.331 e. The van der Waals surface area contributed by atoms with Gasteiger partial charge in [0.2, 0.25) is 5.91 Å². The SMILES string of the molecule is CC(C)(C)OC(=O)/C=C/C(=O)NC(c1ccc(Cl)s1)[C@H](O)c1cccc(Cl)c1. The first-order valence-corrected chi connectivity index (χ1v) is 10.0. The van der Waals surface area contributed by atoms with E-state index >= 15 is 0 Å². The number of thiophene rings is 1. The number of hydrogen-bond acceptors (Lipinski definition) is 5. The fraction of sp³-hybridized carbons (Fsp3) is 0.300. The average molecular weight is 442 g/mol. The highest BCUT2D eigenvalue weighted by atomic mass is 35.5. The van der Waals surface area contributed by atoms with Crippen molar-refractivity contribution < 1.29 is 19.4 Å². The van der Waals surface area contributed by atoms with E-state index in [9.17, 15) is 14.7 Å². The number of benzene rings is 1. The van der Waals surface area contributed by atoms with Gasteiger partial charge in [0.15, 0.2) is 0 Å². The highest BCUT2D eigenvalue weighted by Gasteiger charge is 2.26. The molecule has 1 heterocycles. The Labute approximate surface area is 177 Å². The molecule has 1 amide bonds. The van der Waals surface area contributed by atoms with E-state index in [1.54, 1.807) is 57.2 Å². The number of esters is 1. The van der Waals surface area contributed by atoms with Crippen LogP contribution in [0.3, 0.4) is 0 Å². The van der Waals surface area contributed by atoms with Gasteiger partial charge in [0, 0.05) is 22.1 Å². The number of halogens is 2. The van der Waals surface area contributed by atoms with E-state index in [4.69, 9.17) is 27.9 Å². The Morgan fingerprint density at radius 1 is 1.18 bits per heavy atom. The summed E-state index contributed by atoms with van der Waals surface area (Å²) >= 11 is 13.3. The molecule has 0 aliphatic carbocycles. The zero-order chi connectivity index (χ0) is 20.9. The highest BCUT2D eigenvalue weighted by Crippen LogP contribution is 2.35. The number of carbonyl (C=O) groups excluding carboxylic acids is 2. The van der Waals surface area contributed by atoms with Crippen LogP contribution in [0, 0.1) is 0 Å². The Balaban J connectivity index is 2.18. The lowest BCUT2D eigenvalue weighted by atomic mass is 10.0. The molecular formula is C20H21Cl2NO4S. The number of carbonyl (C=O) groups is 2. The number of aliphatic hydroxyl groups excluding tert-OH is 1. The Bertz CT molecular complexity index is 873. The van der Waals surface area contributed by atoms with Crippen molar-refractivity contribution in [2.45, 2.75) is 38.5 Å². The third kappa shape index (κ3) is 6.95. The van der Waals surface area contributed by atoms with Crippen molar-refractivity contribution >= 4 is 46.4 Å². The molecule has 0 fully saturated rings. The lowest BCUT2D eigenvalue weighted by molar-refractivity contribution is -0.148. The van der Waals surface area contributed by atoms with E-state index in [-0.39, 0.29) is 0 Å². The molecule has 1 aromatic carbocycles. The zero-order valence-electron chi connectivity index (χ0n) is 15.6. The van der Waals surface area contributed by atoms with Crippen molar-refractivity contribution in [1.29, 1.82) is 0 Å². The Morgan fingerprint density at radius 3 is 2.46 bits per heavy atom. The third-order valence-corrected chi connectivity index (χ3v) is 5.03. The van der Waals surface area contributed by atoms with Crippen LogP contribution in [0.2, 0.25) is 9.36 Å². The summed E-state index contributed by atoms with van der Waals surface area (Å²) in [6.07, 6.45) is 1.05. The van der Waals surface area contributed by atoms with E-state index in [1.165, 1.54) is 11.3 Å². The summed E-state index contributed by atoms with van der Waals surface area (Å²) in [6, 6.07) is 9.37. The van der Waals surface area contributed by atoms with Gasteiger partial charge >= 0.3 is 5.97 Å². The first-order valence-electron chi connectivity index (χ1n) is 8.45. The number of amides is 1. The number of ether oxygens (including phenoxy) is 1. The van der Waals surface area contributed by atoms with E-state index in [2.05, 4.69) is 5.32 Å². The topological polar surface area (TPSA) is 75.6 Å². The summed E-state index contributed by atoms with van der Waals surface area (Å²) in [7, 11) is 0. The molecule has 8 heteroatoms. The maximum absolute atomic E-state index is 12.3. The number of rotatable bonds is 6. The molecule has 0 saturated carbocycles. The van der Waals surface area contributed by atoms with E-state index in [1.807, 2.05) is 0 Å². The fourth-order valence-electron chi connectivity index (χ4n) is 2.37. The number of aliphatic hydroxyl groups is 1. The van der Waals surface area contributed by atoms with Crippen molar-refractivity contribution in [1.82, 2.24) is 5.32 Å². The minimum absolute atomic E-state index is 0.468. The minimum Gasteiger partial charge on any atom is -0.457 e. The van der Waals surface area contributed by atoms with Crippen LogP contribution >= 0.6 is 34.5 Å². The molecule has 0 bridgehead atoms. The van der Waals surface area contributed by atoms with E-state index in [0.717, 1.165) is 12.2 Å². The summed E-state index contributed by atoms with van der Waals surface area (Å²) in [5.41, 5.74) is -0.116. The quantitative estimate of drug-likeness (QED) is 0.496. The molecule has 0 saturated heterocycles. The van der Waals surface area contributed by atoms with Gasteiger partial charge in [0.1, 0.15) is 11.7 Å². The summed E-state index contributed by atoms with van der Waals surface area (Å²) in [5.74, 6) is -1.18. The predicted molar refractivity (Wildman–Crippen MR) is 112 cm³/mol. The van der Waals surface area contributed by atoms with Crippen molar-refractivity contribution in [3.63, 3.8) is 0 Å². The van der Waals surface area contributed by atoms with Crippen LogP contribution in [-0.4, -0.2) is 22.6 Å². The third-order valence-electron chi connectivity index (χ3n) is 3.48. The minimum atomic E-state index is -1.06. The Kier molecular flexibility index (Phi) is 7.66. The number of nitrogens with one attached hydrogen (secondary N) is 1. The van der Waals surface area contributed by atoms with Crippen molar-refractivity contribution in [2.24, 2.45) is 0 Å². The fourth-order valence-corrected chi connectivity index (χ4v) is 3.71. The van der Waals surface area contributed by atoms with Crippen LogP contribution in [0.4, 0.5) is 0 Å². The Morgan fingerprint density at radius 2 is 1.89 bits per heavy atom.